The molecular weight excluding hydrogens is 420 g/mol. The summed E-state index contributed by atoms with van der Waals surface area (Å²) in [6.45, 7) is -0.513. The first kappa shape index (κ1) is 21.7. The number of aliphatic hydroxyl groups excluding tert-OH is 3. The number of rotatable bonds is 6. The van der Waals surface area contributed by atoms with Crippen molar-refractivity contribution in [3.63, 3.8) is 0 Å². The third kappa shape index (κ3) is 3.89. The van der Waals surface area contributed by atoms with Crippen molar-refractivity contribution in [3.05, 3.63) is 40.2 Å². The molecule has 1 aliphatic heterocycles. The zero-order valence-corrected chi connectivity index (χ0v) is 17.4. The number of aromatic amines is 1. The molecule has 170 valence electrons. The molecule has 3 aromatic rings. The van der Waals surface area contributed by atoms with E-state index in [0.29, 0.717) is 0 Å². The maximum Gasteiger partial charge on any atom is 0.280 e. The van der Waals surface area contributed by atoms with E-state index in [4.69, 9.17) is 10.5 Å². The van der Waals surface area contributed by atoms with Gasteiger partial charge in [0, 0.05) is 19.8 Å². The lowest BCUT2D eigenvalue weighted by Gasteiger charge is -2.18. The van der Waals surface area contributed by atoms with Crippen molar-refractivity contribution >= 4 is 35.0 Å². The number of imidazole rings is 1. The molecule has 0 spiro atoms. The van der Waals surface area contributed by atoms with E-state index in [9.17, 15) is 20.1 Å². The fourth-order valence-corrected chi connectivity index (χ4v) is 3.44. The fraction of sp³-hybridized carbons (Fsp3) is 0.368. The Hall–Kier alpha value is -3.52. The Kier molecular flexibility index (Phi) is 5.80. The van der Waals surface area contributed by atoms with Gasteiger partial charge < -0.3 is 30.7 Å². The third-order valence-electron chi connectivity index (χ3n) is 5.13. The topological polar surface area (TPSA) is 187 Å². The lowest BCUT2D eigenvalue weighted by molar-refractivity contribution is -0.0501. The molecule has 32 heavy (non-hydrogen) atoms. The van der Waals surface area contributed by atoms with Gasteiger partial charge in [-0.3, -0.25) is 14.3 Å². The maximum atomic E-state index is 12.3. The Bertz CT molecular complexity index is 1190. The van der Waals surface area contributed by atoms with Gasteiger partial charge in [-0.2, -0.15) is 10.1 Å². The van der Waals surface area contributed by atoms with Crippen LogP contribution in [0, 0.1) is 0 Å². The summed E-state index contributed by atoms with van der Waals surface area (Å²) in [6, 6.07) is 7.62. The Balaban J connectivity index is 1.70. The molecule has 0 bridgehead atoms. The SMILES string of the molecule is CN(C)c1ccc(/C=N/Nc2nc3c(=O)[nH]c(N)nc3n2C2OC(CO)C(O)C2O)cc1. The molecular formula is C19H24N8O5. The molecule has 1 aromatic carbocycles. The zero-order chi connectivity index (χ0) is 23.0. The highest BCUT2D eigenvalue weighted by Crippen LogP contribution is 2.33. The number of ether oxygens (including phenoxy) is 1. The molecule has 0 radical (unpaired) electrons. The summed E-state index contributed by atoms with van der Waals surface area (Å²) >= 11 is 0. The summed E-state index contributed by atoms with van der Waals surface area (Å²) in [5.41, 5.74) is 9.60. The van der Waals surface area contributed by atoms with E-state index >= 15 is 0 Å². The van der Waals surface area contributed by atoms with Gasteiger partial charge in [-0.05, 0) is 17.7 Å². The van der Waals surface area contributed by atoms with Crippen LogP contribution in [0.3, 0.4) is 0 Å². The number of nitrogen functional groups attached to an aromatic ring is 1. The van der Waals surface area contributed by atoms with Crippen LogP contribution in [-0.2, 0) is 4.74 Å². The monoisotopic (exact) mass is 444 g/mol. The van der Waals surface area contributed by atoms with Gasteiger partial charge in [0.1, 0.15) is 18.3 Å². The summed E-state index contributed by atoms with van der Waals surface area (Å²) in [6.07, 6.45) is -3.45. The number of benzene rings is 1. The van der Waals surface area contributed by atoms with Gasteiger partial charge in [-0.1, -0.05) is 12.1 Å². The van der Waals surface area contributed by atoms with Gasteiger partial charge in [0.25, 0.3) is 5.56 Å². The summed E-state index contributed by atoms with van der Waals surface area (Å²) in [5, 5.41) is 34.2. The molecule has 4 atom stereocenters. The van der Waals surface area contributed by atoms with Crippen LogP contribution in [0.5, 0.6) is 0 Å². The summed E-state index contributed by atoms with van der Waals surface area (Å²) in [7, 11) is 3.88. The highest BCUT2D eigenvalue weighted by molar-refractivity contribution is 5.81. The van der Waals surface area contributed by atoms with Crippen molar-refractivity contribution in [3.8, 4) is 0 Å². The maximum absolute atomic E-state index is 12.3. The number of anilines is 3. The zero-order valence-electron chi connectivity index (χ0n) is 17.4. The fourth-order valence-electron chi connectivity index (χ4n) is 3.44. The van der Waals surface area contributed by atoms with E-state index in [-0.39, 0.29) is 23.1 Å². The van der Waals surface area contributed by atoms with E-state index < -0.39 is 36.7 Å². The average molecular weight is 444 g/mol. The number of nitrogens with zero attached hydrogens (tertiary/aromatic N) is 5. The molecule has 0 amide bonds. The van der Waals surface area contributed by atoms with Crippen LogP contribution in [0.25, 0.3) is 11.2 Å². The number of aromatic nitrogens is 4. The van der Waals surface area contributed by atoms with Crippen molar-refractivity contribution in [1.29, 1.82) is 0 Å². The normalized spacial score (nSPS) is 23.3. The summed E-state index contributed by atoms with van der Waals surface area (Å²) < 4.78 is 6.87. The van der Waals surface area contributed by atoms with E-state index in [1.54, 1.807) is 6.21 Å². The van der Waals surface area contributed by atoms with Crippen LogP contribution < -0.4 is 21.6 Å². The third-order valence-corrected chi connectivity index (χ3v) is 5.13. The van der Waals surface area contributed by atoms with Crippen LogP contribution in [-0.4, -0.2) is 80.1 Å². The minimum atomic E-state index is -1.42. The number of hydrazone groups is 1. The number of aliphatic hydroxyl groups is 3. The minimum absolute atomic E-state index is 0.0223. The Morgan fingerprint density at radius 1 is 1.28 bits per heavy atom. The Morgan fingerprint density at radius 3 is 2.62 bits per heavy atom. The van der Waals surface area contributed by atoms with Gasteiger partial charge in [-0.25, -0.2) is 10.4 Å². The van der Waals surface area contributed by atoms with Gasteiger partial charge in [-0.15, -0.1) is 0 Å². The lowest BCUT2D eigenvalue weighted by atomic mass is 10.1. The molecule has 4 rings (SSSR count). The molecule has 4 unspecified atom stereocenters. The number of nitrogens with one attached hydrogen (secondary N) is 2. The van der Waals surface area contributed by atoms with Crippen molar-refractivity contribution in [2.45, 2.75) is 24.5 Å². The quantitative estimate of drug-likeness (QED) is 0.200. The molecule has 0 aliphatic carbocycles. The second-order valence-corrected chi connectivity index (χ2v) is 7.51. The van der Waals surface area contributed by atoms with E-state index in [1.807, 2.05) is 43.3 Å². The van der Waals surface area contributed by atoms with Crippen molar-refractivity contribution in [1.82, 2.24) is 19.5 Å². The predicted octanol–water partition coefficient (Wildman–Crippen LogP) is -1.17. The van der Waals surface area contributed by atoms with Crippen LogP contribution >= 0.6 is 0 Å². The van der Waals surface area contributed by atoms with Gasteiger partial charge in [0.15, 0.2) is 17.4 Å². The molecule has 7 N–H and O–H groups in total. The smallest absolute Gasteiger partial charge is 0.280 e. The molecule has 2 aromatic heterocycles. The lowest BCUT2D eigenvalue weighted by Crippen LogP contribution is -2.33. The first-order valence-electron chi connectivity index (χ1n) is 9.76. The number of hydrogen-bond acceptors (Lipinski definition) is 11. The highest BCUT2D eigenvalue weighted by Gasteiger charge is 2.45. The number of fused-ring (bicyclic) bond motifs is 1. The number of H-pyrrole nitrogens is 1. The summed E-state index contributed by atoms with van der Waals surface area (Å²) in [5.74, 6) is -0.133. The molecule has 1 aliphatic rings. The van der Waals surface area contributed by atoms with E-state index in [1.165, 1.54) is 4.57 Å². The van der Waals surface area contributed by atoms with Crippen LogP contribution in [0.2, 0.25) is 0 Å². The first-order valence-corrected chi connectivity index (χ1v) is 9.76. The number of hydrogen-bond donors (Lipinski definition) is 6. The molecule has 0 saturated carbocycles. The van der Waals surface area contributed by atoms with Gasteiger partial charge in [0.05, 0.1) is 12.8 Å². The van der Waals surface area contributed by atoms with Gasteiger partial charge in [0.2, 0.25) is 11.9 Å². The minimum Gasteiger partial charge on any atom is -0.394 e. The number of nitrogens with two attached hydrogens (primary N) is 1. The van der Waals surface area contributed by atoms with Gasteiger partial charge >= 0.3 is 0 Å². The molecule has 1 fully saturated rings. The Labute approximate surface area is 181 Å². The van der Waals surface area contributed by atoms with Crippen LogP contribution in [0.4, 0.5) is 17.6 Å². The highest BCUT2D eigenvalue weighted by atomic mass is 16.6. The molecule has 1 saturated heterocycles. The largest absolute Gasteiger partial charge is 0.394 e. The first-order chi connectivity index (χ1) is 15.3. The van der Waals surface area contributed by atoms with Crippen molar-refractivity contribution in [2.75, 3.05) is 36.8 Å². The predicted molar refractivity (Wildman–Crippen MR) is 118 cm³/mol. The van der Waals surface area contributed by atoms with Crippen LogP contribution in [0.15, 0.2) is 34.2 Å². The second kappa shape index (κ2) is 8.55. The second-order valence-electron chi connectivity index (χ2n) is 7.51. The van der Waals surface area contributed by atoms with E-state index in [2.05, 4.69) is 25.5 Å². The molecule has 13 nitrogen and oxygen atoms in total. The van der Waals surface area contributed by atoms with Crippen molar-refractivity contribution < 1.29 is 20.1 Å². The standard InChI is InChI=1S/C19H24N8O5/c1-26(2)10-5-3-9(4-6-10)7-21-25-19-22-12-15(23-18(20)24-16(12)31)27(19)17-14(30)13(29)11(8-28)32-17/h3-7,11,13-14,17,28-30H,8H2,1-2H3,(H,22,25)(H3,20,23,24,31)/b21-7+. The molecule has 13 heteroatoms. The Morgan fingerprint density at radius 2 is 2.00 bits per heavy atom. The van der Waals surface area contributed by atoms with E-state index in [0.717, 1.165) is 11.3 Å². The average Bonchev–Trinajstić information content (AvgIpc) is 3.25. The van der Waals surface area contributed by atoms with Crippen LogP contribution in [0.1, 0.15) is 11.8 Å². The summed E-state index contributed by atoms with van der Waals surface area (Å²) in [4.78, 5) is 24.9. The molecule has 3 heterocycles. The van der Waals surface area contributed by atoms with Crippen molar-refractivity contribution in [2.24, 2.45) is 5.10 Å².